The summed E-state index contributed by atoms with van der Waals surface area (Å²) in [5.74, 6) is -1.33. The second-order valence-corrected chi connectivity index (χ2v) is 6.66. The molecule has 4 rings (SSSR count). The summed E-state index contributed by atoms with van der Waals surface area (Å²) in [5.41, 5.74) is 2.91. The SMILES string of the molecule is O=C(O)C1=CC2C=CC=CC2C=C1C(=O)c1ccc(-c2ccccc2)cc1. The lowest BCUT2D eigenvalue weighted by atomic mass is 9.78. The van der Waals surface area contributed by atoms with E-state index >= 15 is 0 Å². The summed E-state index contributed by atoms with van der Waals surface area (Å²) in [6, 6.07) is 17.2. The third kappa shape index (κ3) is 3.32. The van der Waals surface area contributed by atoms with Gasteiger partial charge >= 0.3 is 5.97 Å². The monoisotopic (exact) mass is 354 g/mol. The van der Waals surface area contributed by atoms with Gasteiger partial charge in [0.2, 0.25) is 0 Å². The molecule has 2 aliphatic rings. The minimum absolute atomic E-state index is 0.0145. The standard InChI is InChI=1S/C24H18O3/c25-23(18-12-10-17(11-13-18)16-6-2-1-3-7-16)21-14-19-8-4-5-9-20(19)15-22(21)24(26)27/h1-15,19-20H,(H,26,27). The molecule has 2 unspecified atom stereocenters. The molecule has 132 valence electrons. The van der Waals surface area contributed by atoms with Crippen LogP contribution in [0.2, 0.25) is 0 Å². The van der Waals surface area contributed by atoms with Crippen molar-refractivity contribution in [3.8, 4) is 11.1 Å². The summed E-state index contributed by atoms with van der Waals surface area (Å²) >= 11 is 0. The second-order valence-electron chi connectivity index (χ2n) is 6.66. The summed E-state index contributed by atoms with van der Waals surface area (Å²) in [7, 11) is 0. The maximum atomic E-state index is 13.0. The van der Waals surface area contributed by atoms with Crippen LogP contribution in [0.25, 0.3) is 11.1 Å². The lowest BCUT2D eigenvalue weighted by molar-refractivity contribution is -0.132. The van der Waals surface area contributed by atoms with Gasteiger partial charge in [-0.3, -0.25) is 4.79 Å². The summed E-state index contributed by atoms with van der Waals surface area (Å²) < 4.78 is 0. The molecule has 0 saturated heterocycles. The second kappa shape index (κ2) is 7.04. The van der Waals surface area contributed by atoms with Gasteiger partial charge in [0.05, 0.1) is 5.57 Å². The van der Waals surface area contributed by atoms with Crippen molar-refractivity contribution in [1.29, 1.82) is 0 Å². The van der Waals surface area contributed by atoms with E-state index in [4.69, 9.17) is 0 Å². The molecule has 27 heavy (non-hydrogen) atoms. The number of rotatable bonds is 4. The van der Waals surface area contributed by atoms with Crippen LogP contribution < -0.4 is 0 Å². The number of hydrogen-bond acceptors (Lipinski definition) is 2. The van der Waals surface area contributed by atoms with Crippen LogP contribution in [0.4, 0.5) is 0 Å². The van der Waals surface area contributed by atoms with Crippen LogP contribution in [0.5, 0.6) is 0 Å². The number of ketones is 1. The molecule has 0 spiro atoms. The minimum Gasteiger partial charge on any atom is -0.478 e. The summed E-state index contributed by atoms with van der Waals surface area (Å²) in [4.78, 5) is 24.7. The van der Waals surface area contributed by atoms with Crippen molar-refractivity contribution in [1.82, 2.24) is 0 Å². The molecule has 0 bridgehead atoms. The minimum atomic E-state index is -1.07. The Morgan fingerprint density at radius 2 is 1.26 bits per heavy atom. The number of carbonyl (C=O) groups excluding carboxylic acids is 1. The van der Waals surface area contributed by atoms with E-state index in [9.17, 15) is 14.7 Å². The van der Waals surface area contributed by atoms with Crippen LogP contribution >= 0.6 is 0 Å². The number of aliphatic carboxylic acids is 1. The number of carboxylic acid groups (broad SMARTS) is 1. The Kier molecular flexibility index (Phi) is 4.43. The average Bonchev–Trinajstić information content (AvgIpc) is 2.73. The number of carboxylic acids is 1. The molecule has 0 aliphatic heterocycles. The lowest BCUT2D eigenvalue weighted by Gasteiger charge is -2.25. The average molecular weight is 354 g/mol. The molecule has 0 amide bonds. The Morgan fingerprint density at radius 1 is 0.704 bits per heavy atom. The fraction of sp³-hybridized carbons (Fsp3) is 0.0833. The fourth-order valence-corrected chi connectivity index (χ4v) is 3.52. The maximum absolute atomic E-state index is 13.0. The van der Waals surface area contributed by atoms with Gasteiger partial charge in [0.1, 0.15) is 0 Å². The lowest BCUT2D eigenvalue weighted by Crippen LogP contribution is -2.22. The van der Waals surface area contributed by atoms with Crippen LogP contribution in [0.1, 0.15) is 10.4 Å². The largest absolute Gasteiger partial charge is 0.478 e. The summed E-state index contributed by atoms with van der Waals surface area (Å²) in [6.07, 6.45) is 11.2. The number of fused-ring (bicyclic) bond motifs is 1. The number of Topliss-reactive ketones (excluding diaryl/α,β-unsaturated/α-hetero) is 1. The van der Waals surface area contributed by atoms with Crippen molar-refractivity contribution >= 4 is 11.8 Å². The summed E-state index contributed by atoms with van der Waals surface area (Å²) in [6.45, 7) is 0. The van der Waals surface area contributed by atoms with Gasteiger partial charge in [-0.2, -0.15) is 0 Å². The van der Waals surface area contributed by atoms with Gasteiger partial charge in [-0.05, 0) is 11.1 Å². The van der Waals surface area contributed by atoms with Crippen molar-refractivity contribution < 1.29 is 14.7 Å². The smallest absolute Gasteiger partial charge is 0.336 e. The molecule has 0 saturated carbocycles. The van der Waals surface area contributed by atoms with Gasteiger partial charge in [0, 0.05) is 23.0 Å². The molecule has 2 aliphatic carbocycles. The normalized spacial score (nSPS) is 20.4. The molecule has 2 aromatic rings. The first kappa shape index (κ1) is 17.0. The predicted molar refractivity (Wildman–Crippen MR) is 105 cm³/mol. The highest BCUT2D eigenvalue weighted by Gasteiger charge is 2.30. The predicted octanol–water partition coefficient (Wildman–Crippen LogP) is 4.85. The first-order valence-electron chi connectivity index (χ1n) is 8.86. The van der Waals surface area contributed by atoms with E-state index in [1.165, 1.54) is 0 Å². The maximum Gasteiger partial charge on any atom is 0.336 e. The van der Waals surface area contributed by atoms with Crippen molar-refractivity contribution in [3.05, 3.63) is 108 Å². The fourth-order valence-electron chi connectivity index (χ4n) is 3.52. The van der Waals surface area contributed by atoms with Gasteiger partial charge < -0.3 is 5.11 Å². The highest BCUT2D eigenvalue weighted by molar-refractivity contribution is 6.17. The van der Waals surface area contributed by atoms with Crippen molar-refractivity contribution in [2.75, 3.05) is 0 Å². The van der Waals surface area contributed by atoms with E-state index in [1.54, 1.807) is 24.3 Å². The molecule has 3 heteroatoms. The zero-order chi connectivity index (χ0) is 18.8. The van der Waals surface area contributed by atoms with E-state index in [1.807, 2.05) is 66.8 Å². The molecule has 2 atom stereocenters. The van der Waals surface area contributed by atoms with Crippen LogP contribution in [0.3, 0.4) is 0 Å². The highest BCUT2D eigenvalue weighted by atomic mass is 16.4. The molecule has 2 aromatic carbocycles. The molecular weight excluding hydrogens is 336 g/mol. The highest BCUT2D eigenvalue weighted by Crippen LogP contribution is 2.33. The molecule has 0 radical (unpaired) electrons. The number of allylic oxidation sites excluding steroid dienone is 6. The van der Waals surface area contributed by atoms with E-state index < -0.39 is 5.97 Å². The Hall–Kier alpha value is -3.46. The van der Waals surface area contributed by atoms with E-state index in [2.05, 4.69) is 0 Å². The topological polar surface area (TPSA) is 54.4 Å². The molecule has 1 N–H and O–H groups in total. The van der Waals surface area contributed by atoms with Crippen molar-refractivity contribution in [2.24, 2.45) is 11.8 Å². The Labute approximate surface area is 157 Å². The molecule has 0 aromatic heterocycles. The van der Waals surface area contributed by atoms with E-state index in [0.29, 0.717) is 5.56 Å². The number of benzene rings is 2. The molecule has 0 heterocycles. The first-order valence-corrected chi connectivity index (χ1v) is 8.86. The van der Waals surface area contributed by atoms with E-state index in [0.717, 1.165) is 11.1 Å². The Bertz CT molecular complexity index is 1010. The molecule has 3 nitrogen and oxygen atoms in total. The van der Waals surface area contributed by atoms with Crippen LogP contribution in [0, 0.1) is 11.8 Å². The van der Waals surface area contributed by atoms with E-state index in [-0.39, 0.29) is 28.8 Å². The van der Waals surface area contributed by atoms with Crippen LogP contribution in [-0.4, -0.2) is 16.9 Å². The van der Waals surface area contributed by atoms with Crippen molar-refractivity contribution in [2.45, 2.75) is 0 Å². The van der Waals surface area contributed by atoms with Crippen LogP contribution in [-0.2, 0) is 4.79 Å². The van der Waals surface area contributed by atoms with Gasteiger partial charge in [-0.1, -0.05) is 91.1 Å². The van der Waals surface area contributed by atoms with Gasteiger partial charge in [-0.25, -0.2) is 4.79 Å². The molecule has 0 fully saturated rings. The van der Waals surface area contributed by atoms with Gasteiger partial charge in [-0.15, -0.1) is 0 Å². The third-order valence-electron chi connectivity index (χ3n) is 4.96. The Morgan fingerprint density at radius 3 is 1.85 bits per heavy atom. The first-order chi connectivity index (χ1) is 13.1. The number of carbonyl (C=O) groups is 2. The summed E-state index contributed by atoms with van der Waals surface area (Å²) in [5, 5.41) is 9.58. The third-order valence-corrected chi connectivity index (χ3v) is 4.96. The quantitative estimate of drug-likeness (QED) is 0.799. The van der Waals surface area contributed by atoms with Crippen LogP contribution in [0.15, 0.2) is 102 Å². The molecular formula is C24H18O3. The number of hydrogen-bond donors (Lipinski definition) is 1. The van der Waals surface area contributed by atoms with Crippen molar-refractivity contribution in [3.63, 3.8) is 0 Å². The zero-order valence-electron chi connectivity index (χ0n) is 14.6. The Balaban J connectivity index is 1.66. The van der Waals surface area contributed by atoms with Gasteiger partial charge in [0.25, 0.3) is 0 Å². The van der Waals surface area contributed by atoms with Gasteiger partial charge in [0.15, 0.2) is 5.78 Å². The zero-order valence-corrected chi connectivity index (χ0v) is 14.6.